The molecule has 0 saturated heterocycles. The van der Waals surface area contributed by atoms with E-state index in [1.807, 2.05) is 13.2 Å². The van der Waals surface area contributed by atoms with Crippen LogP contribution in [0.25, 0.3) is 0 Å². The van der Waals surface area contributed by atoms with Crippen molar-refractivity contribution in [2.24, 2.45) is 5.92 Å². The first-order valence-corrected chi connectivity index (χ1v) is 6.09. The fourth-order valence-corrected chi connectivity index (χ4v) is 2.26. The first-order chi connectivity index (χ1) is 7.31. The van der Waals surface area contributed by atoms with E-state index in [4.69, 9.17) is 4.42 Å². The standard InChI is InChI=1S/C13H21NO/c1-3-7-14-13(11-5-4-6-11)12-8-10(2)15-9-12/h8-9,11,13-14H,3-7H2,1-2H3. The van der Waals surface area contributed by atoms with Gasteiger partial charge >= 0.3 is 0 Å². The minimum atomic E-state index is 0.524. The molecule has 0 bridgehead atoms. The molecule has 84 valence electrons. The predicted octanol–water partition coefficient (Wildman–Crippen LogP) is 3.43. The smallest absolute Gasteiger partial charge is 0.101 e. The topological polar surface area (TPSA) is 25.2 Å². The van der Waals surface area contributed by atoms with E-state index in [1.165, 1.54) is 31.2 Å². The third-order valence-electron chi connectivity index (χ3n) is 3.35. The first-order valence-electron chi connectivity index (χ1n) is 6.09. The van der Waals surface area contributed by atoms with Crippen molar-refractivity contribution in [2.45, 2.75) is 45.6 Å². The number of furan rings is 1. The largest absolute Gasteiger partial charge is 0.469 e. The number of rotatable bonds is 5. The van der Waals surface area contributed by atoms with Gasteiger partial charge in [0.25, 0.3) is 0 Å². The Bertz CT molecular complexity index is 301. The maximum Gasteiger partial charge on any atom is 0.101 e. The Balaban J connectivity index is 2.03. The van der Waals surface area contributed by atoms with Crippen molar-refractivity contribution >= 4 is 0 Å². The van der Waals surface area contributed by atoms with Gasteiger partial charge in [-0.1, -0.05) is 13.3 Å². The van der Waals surface area contributed by atoms with Crippen LogP contribution in [0.2, 0.25) is 0 Å². The van der Waals surface area contributed by atoms with E-state index in [0.717, 1.165) is 18.2 Å². The molecule has 15 heavy (non-hydrogen) atoms. The van der Waals surface area contributed by atoms with Gasteiger partial charge in [0.1, 0.15) is 5.76 Å². The number of hydrogen-bond donors (Lipinski definition) is 1. The van der Waals surface area contributed by atoms with E-state index in [-0.39, 0.29) is 0 Å². The third-order valence-corrected chi connectivity index (χ3v) is 3.35. The fraction of sp³-hybridized carbons (Fsp3) is 0.692. The van der Waals surface area contributed by atoms with Gasteiger partial charge in [0.2, 0.25) is 0 Å². The van der Waals surface area contributed by atoms with Gasteiger partial charge in [-0.3, -0.25) is 0 Å². The SMILES string of the molecule is CCCNC(c1coc(C)c1)C1CCC1. The van der Waals surface area contributed by atoms with Gasteiger partial charge in [0.15, 0.2) is 0 Å². The van der Waals surface area contributed by atoms with Gasteiger partial charge in [-0.05, 0) is 44.7 Å². The molecule has 1 aliphatic rings. The molecule has 1 aliphatic carbocycles. The number of hydrogen-bond acceptors (Lipinski definition) is 2. The first kappa shape index (κ1) is 10.7. The molecule has 1 aromatic rings. The van der Waals surface area contributed by atoms with Crippen molar-refractivity contribution in [2.75, 3.05) is 6.54 Å². The van der Waals surface area contributed by atoms with Crippen molar-refractivity contribution in [3.63, 3.8) is 0 Å². The summed E-state index contributed by atoms with van der Waals surface area (Å²) in [7, 11) is 0. The van der Waals surface area contributed by atoms with Crippen LogP contribution in [-0.2, 0) is 0 Å². The Morgan fingerprint density at radius 3 is 2.80 bits per heavy atom. The lowest BCUT2D eigenvalue weighted by Crippen LogP contribution is -2.32. The Hall–Kier alpha value is -0.760. The second-order valence-electron chi connectivity index (χ2n) is 4.61. The molecule has 1 unspecified atom stereocenters. The summed E-state index contributed by atoms with van der Waals surface area (Å²) in [5.74, 6) is 1.85. The summed E-state index contributed by atoms with van der Waals surface area (Å²) in [6, 6.07) is 2.70. The van der Waals surface area contributed by atoms with Crippen LogP contribution in [0.1, 0.15) is 50.0 Å². The van der Waals surface area contributed by atoms with E-state index < -0.39 is 0 Å². The van der Waals surface area contributed by atoms with E-state index in [9.17, 15) is 0 Å². The van der Waals surface area contributed by atoms with Crippen LogP contribution >= 0.6 is 0 Å². The zero-order valence-corrected chi connectivity index (χ0v) is 9.75. The normalized spacial score (nSPS) is 18.8. The van der Waals surface area contributed by atoms with Crippen LogP contribution in [0.15, 0.2) is 16.7 Å². The van der Waals surface area contributed by atoms with Gasteiger partial charge in [-0.15, -0.1) is 0 Å². The lowest BCUT2D eigenvalue weighted by Gasteiger charge is -2.34. The van der Waals surface area contributed by atoms with Crippen LogP contribution in [-0.4, -0.2) is 6.54 Å². The lowest BCUT2D eigenvalue weighted by molar-refractivity contribution is 0.230. The summed E-state index contributed by atoms with van der Waals surface area (Å²) in [6.07, 6.45) is 7.24. The van der Waals surface area contributed by atoms with E-state index in [0.29, 0.717) is 6.04 Å². The second-order valence-corrected chi connectivity index (χ2v) is 4.61. The Labute approximate surface area is 92.1 Å². The van der Waals surface area contributed by atoms with Crippen LogP contribution < -0.4 is 5.32 Å². The summed E-state index contributed by atoms with van der Waals surface area (Å²) >= 11 is 0. The number of aryl methyl sites for hydroxylation is 1. The summed E-state index contributed by atoms with van der Waals surface area (Å²) in [5, 5.41) is 3.64. The van der Waals surface area contributed by atoms with Gasteiger partial charge in [-0.2, -0.15) is 0 Å². The lowest BCUT2D eigenvalue weighted by atomic mass is 9.77. The summed E-state index contributed by atoms with van der Waals surface area (Å²) in [6.45, 7) is 5.33. The van der Waals surface area contributed by atoms with Gasteiger partial charge in [-0.25, -0.2) is 0 Å². The molecule has 1 N–H and O–H groups in total. The fourth-order valence-electron chi connectivity index (χ4n) is 2.26. The molecule has 0 amide bonds. The Morgan fingerprint density at radius 2 is 2.33 bits per heavy atom. The summed E-state index contributed by atoms with van der Waals surface area (Å²) in [4.78, 5) is 0. The maximum atomic E-state index is 5.40. The van der Waals surface area contributed by atoms with Crippen molar-refractivity contribution in [1.82, 2.24) is 5.32 Å². The van der Waals surface area contributed by atoms with E-state index in [2.05, 4.69) is 18.3 Å². The van der Waals surface area contributed by atoms with Crippen molar-refractivity contribution in [1.29, 1.82) is 0 Å². The van der Waals surface area contributed by atoms with E-state index in [1.54, 1.807) is 0 Å². The molecule has 0 aromatic carbocycles. The Kier molecular flexibility index (Phi) is 3.47. The average molecular weight is 207 g/mol. The molecule has 2 heteroatoms. The highest BCUT2D eigenvalue weighted by atomic mass is 16.3. The molecule has 1 atom stereocenters. The minimum absolute atomic E-state index is 0.524. The summed E-state index contributed by atoms with van der Waals surface area (Å²) in [5.41, 5.74) is 1.34. The second kappa shape index (κ2) is 4.84. The highest BCUT2D eigenvalue weighted by Gasteiger charge is 2.28. The predicted molar refractivity (Wildman–Crippen MR) is 61.8 cm³/mol. The van der Waals surface area contributed by atoms with Crippen molar-refractivity contribution < 1.29 is 4.42 Å². The zero-order valence-electron chi connectivity index (χ0n) is 9.75. The van der Waals surface area contributed by atoms with E-state index >= 15 is 0 Å². The molecule has 1 heterocycles. The quantitative estimate of drug-likeness (QED) is 0.800. The zero-order chi connectivity index (χ0) is 10.7. The molecular weight excluding hydrogens is 186 g/mol. The third kappa shape index (κ3) is 2.43. The van der Waals surface area contributed by atoms with Gasteiger partial charge < -0.3 is 9.73 Å². The van der Waals surface area contributed by atoms with Crippen LogP contribution in [0.5, 0.6) is 0 Å². The monoisotopic (exact) mass is 207 g/mol. The van der Waals surface area contributed by atoms with Crippen LogP contribution in [0.3, 0.4) is 0 Å². The minimum Gasteiger partial charge on any atom is -0.469 e. The molecule has 1 fully saturated rings. The van der Waals surface area contributed by atoms with Crippen molar-refractivity contribution in [3.8, 4) is 0 Å². The molecular formula is C13H21NO. The highest BCUT2D eigenvalue weighted by molar-refractivity contribution is 5.18. The van der Waals surface area contributed by atoms with Crippen molar-refractivity contribution in [3.05, 3.63) is 23.7 Å². The molecule has 0 aliphatic heterocycles. The molecule has 2 nitrogen and oxygen atoms in total. The average Bonchev–Trinajstić information content (AvgIpc) is 2.56. The van der Waals surface area contributed by atoms with Crippen LogP contribution in [0.4, 0.5) is 0 Å². The number of nitrogens with one attached hydrogen (secondary N) is 1. The maximum absolute atomic E-state index is 5.40. The summed E-state index contributed by atoms with van der Waals surface area (Å²) < 4.78 is 5.40. The van der Waals surface area contributed by atoms with Gasteiger partial charge in [0.05, 0.1) is 6.26 Å². The highest BCUT2D eigenvalue weighted by Crippen LogP contribution is 2.38. The molecule has 2 rings (SSSR count). The molecule has 1 aromatic heterocycles. The molecule has 0 spiro atoms. The molecule has 0 radical (unpaired) electrons. The Morgan fingerprint density at radius 1 is 1.53 bits per heavy atom. The van der Waals surface area contributed by atoms with Crippen LogP contribution in [0, 0.1) is 12.8 Å². The molecule has 1 saturated carbocycles. The van der Waals surface area contributed by atoms with Gasteiger partial charge in [0, 0.05) is 11.6 Å².